The van der Waals surface area contributed by atoms with Crippen LogP contribution in [0.25, 0.3) is 0 Å². The first-order valence-corrected chi connectivity index (χ1v) is 4.93. The average Bonchev–Trinajstić information content (AvgIpc) is 2.08. The molecule has 12 heavy (non-hydrogen) atoms. The summed E-state index contributed by atoms with van der Waals surface area (Å²) >= 11 is 0. The maximum absolute atomic E-state index is 10.5. The van der Waals surface area contributed by atoms with Crippen molar-refractivity contribution in [3.63, 3.8) is 0 Å². The smallest absolute Gasteiger partial charge is 0.306 e. The quantitative estimate of drug-likeness (QED) is 0.660. The number of aliphatic carboxylic acids is 1. The molecule has 0 aliphatic heterocycles. The Morgan fingerprint density at radius 1 is 1.33 bits per heavy atom. The summed E-state index contributed by atoms with van der Waals surface area (Å²) in [7, 11) is 0. The Morgan fingerprint density at radius 3 is 2.25 bits per heavy atom. The lowest BCUT2D eigenvalue weighted by Gasteiger charge is -2.22. The van der Waals surface area contributed by atoms with Gasteiger partial charge in [0.15, 0.2) is 0 Å². The topological polar surface area (TPSA) is 37.3 Å². The van der Waals surface area contributed by atoms with E-state index in [1.807, 2.05) is 13.8 Å². The molecular formula is C10H20O2. The van der Waals surface area contributed by atoms with Gasteiger partial charge >= 0.3 is 5.97 Å². The predicted octanol–water partition coefficient (Wildman–Crippen LogP) is 2.92. The van der Waals surface area contributed by atoms with E-state index in [-0.39, 0.29) is 5.92 Å². The van der Waals surface area contributed by atoms with Gasteiger partial charge in [0.1, 0.15) is 0 Å². The normalized spacial score (nSPS) is 28.6. The van der Waals surface area contributed by atoms with Crippen LogP contribution in [-0.2, 0) is 4.79 Å². The SMILES string of the molecule is CC.CC1CCCC(C(=O)O)C1. The van der Waals surface area contributed by atoms with Gasteiger partial charge in [0.2, 0.25) is 0 Å². The van der Waals surface area contributed by atoms with E-state index < -0.39 is 5.97 Å². The Bertz CT molecular complexity index is 132. The molecule has 0 heterocycles. The van der Waals surface area contributed by atoms with Gasteiger partial charge in [-0.05, 0) is 18.8 Å². The monoisotopic (exact) mass is 172 g/mol. The van der Waals surface area contributed by atoms with Gasteiger partial charge in [0.05, 0.1) is 5.92 Å². The van der Waals surface area contributed by atoms with Gasteiger partial charge in [-0.25, -0.2) is 0 Å². The molecule has 0 spiro atoms. The molecular weight excluding hydrogens is 152 g/mol. The molecule has 0 aromatic carbocycles. The van der Waals surface area contributed by atoms with E-state index in [0.717, 1.165) is 19.3 Å². The lowest BCUT2D eigenvalue weighted by molar-refractivity contribution is -0.143. The van der Waals surface area contributed by atoms with Gasteiger partial charge in [0.25, 0.3) is 0 Å². The molecule has 2 atom stereocenters. The molecule has 0 bridgehead atoms. The average molecular weight is 172 g/mol. The van der Waals surface area contributed by atoms with E-state index in [4.69, 9.17) is 5.11 Å². The highest BCUT2D eigenvalue weighted by Crippen LogP contribution is 2.28. The summed E-state index contributed by atoms with van der Waals surface area (Å²) < 4.78 is 0. The van der Waals surface area contributed by atoms with Crippen LogP contribution in [0.2, 0.25) is 0 Å². The minimum absolute atomic E-state index is 0.0521. The lowest BCUT2D eigenvalue weighted by Crippen LogP contribution is -2.20. The third-order valence-electron chi connectivity index (χ3n) is 2.29. The van der Waals surface area contributed by atoms with E-state index in [2.05, 4.69) is 6.92 Å². The molecule has 0 aromatic heterocycles. The van der Waals surface area contributed by atoms with Gasteiger partial charge in [-0.2, -0.15) is 0 Å². The maximum atomic E-state index is 10.5. The van der Waals surface area contributed by atoms with Crippen molar-refractivity contribution in [2.75, 3.05) is 0 Å². The second-order valence-corrected chi connectivity index (χ2v) is 3.31. The van der Waals surface area contributed by atoms with Crippen LogP contribution in [-0.4, -0.2) is 11.1 Å². The fourth-order valence-electron chi connectivity index (χ4n) is 1.66. The first-order valence-electron chi connectivity index (χ1n) is 4.93. The number of rotatable bonds is 1. The van der Waals surface area contributed by atoms with Gasteiger partial charge in [-0.15, -0.1) is 0 Å². The fourth-order valence-corrected chi connectivity index (χ4v) is 1.66. The van der Waals surface area contributed by atoms with Crippen LogP contribution in [0.15, 0.2) is 0 Å². The lowest BCUT2D eigenvalue weighted by atomic mass is 9.83. The molecule has 72 valence electrons. The van der Waals surface area contributed by atoms with E-state index in [0.29, 0.717) is 5.92 Å². The van der Waals surface area contributed by atoms with Gasteiger partial charge in [-0.1, -0.05) is 33.6 Å². The number of hydrogen-bond acceptors (Lipinski definition) is 1. The van der Waals surface area contributed by atoms with E-state index in [1.165, 1.54) is 6.42 Å². The first-order chi connectivity index (χ1) is 5.70. The van der Waals surface area contributed by atoms with E-state index in [1.54, 1.807) is 0 Å². The molecule has 1 saturated carbocycles. The molecule has 1 rings (SSSR count). The third-order valence-corrected chi connectivity index (χ3v) is 2.29. The molecule has 1 fully saturated rings. The van der Waals surface area contributed by atoms with Crippen molar-refractivity contribution < 1.29 is 9.90 Å². The molecule has 0 radical (unpaired) electrons. The molecule has 2 heteroatoms. The van der Waals surface area contributed by atoms with E-state index in [9.17, 15) is 4.79 Å². The van der Waals surface area contributed by atoms with Crippen LogP contribution in [0.4, 0.5) is 0 Å². The van der Waals surface area contributed by atoms with E-state index >= 15 is 0 Å². The van der Waals surface area contributed by atoms with Crippen LogP contribution in [0.5, 0.6) is 0 Å². The largest absolute Gasteiger partial charge is 0.481 e. The molecule has 2 nitrogen and oxygen atoms in total. The van der Waals surface area contributed by atoms with Crippen molar-refractivity contribution in [2.45, 2.75) is 46.5 Å². The highest BCUT2D eigenvalue weighted by atomic mass is 16.4. The van der Waals surface area contributed by atoms with Crippen molar-refractivity contribution in [1.82, 2.24) is 0 Å². The zero-order chi connectivity index (χ0) is 9.56. The summed E-state index contributed by atoms with van der Waals surface area (Å²) in [5.41, 5.74) is 0. The van der Waals surface area contributed by atoms with Crippen LogP contribution in [0.3, 0.4) is 0 Å². The van der Waals surface area contributed by atoms with Gasteiger partial charge in [-0.3, -0.25) is 4.79 Å². The molecule has 2 unspecified atom stereocenters. The zero-order valence-electron chi connectivity index (χ0n) is 8.34. The standard InChI is InChI=1S/C8H14O2.C2H6/c1-6-3-2-4-7(5-6)8(9)10;1-2/h6-7H,2-5H2,1H3,(H,9,10);1-2H3. The van der Waals surface area contributed by atoms with Crippen LogP contribution in [0, 0.1) is 11.8 Å². The number of carboxylic acid groups (broad SMARTS) is 1. The minimum Gasteiger partial charge on any atom is -0.481 e. The minimum atomic E-state index is -0.605. The summed E-state index contributed by atoms with van der Waals surface area (Å²) in [6, 6.07) is 0. The third kappa shape index (κ3) is 3.74. The van der Waals surface area contributed by atoms with Crippen molar-refractivity contribution >= 4 is 5.97 Å². The second-order valence-electron chi connectivity index (χ2n) is 3.31. The maximum Gasteiger partial charge on any atom is 0.306 e. The molecule has 0 saturated heterocycles. The fraction of sp³-hybridized carbons (Fsp3) is 0.900. The molecule has 1 aliphatic carbocycles. The molecule has 1 aliphatic rings. The van der Waals surface area contributed by atoms with Crippen molar-refractivity contribution in [3.8, 4) is 0 Å². The summed E-state index contributed by atoms with van der Waals surface area (Å²) in [4.78, 5) is 10.5. The molecule has 1 N–H and O–H groups in total. The number of hydrogen-bond donors (Lipinski definition) is 1. The van der Waals surface area contributed by atoms with Gasteiger partial charge < -0.3 is 5.11 Å². The van der Waals surface area contributed by atoms with Crippen molar-refractivity contribution in [3.05, 3.63) is 0 Å². The second kappa shape index (κ2) is 6.04. The van der Waals surface area contributed by atoms with Crippen LogP contribution >= 0.6 is 0 Å². The summed E-state index contributed by atoms with van der Waals surface area (Å²) in [5, 5.41) is 8.66. The van der Waals surface area contributed by atoms with Crippen LogP contribution < -0.4 is 0 Å². The molecule has 0 amide bonds. The van der Waals surface area contributed by atoms with Crippen molar-refractivity contribution in [2.24, 2.45) is 11.8 Å². The highest BCUT2D eigenvalue weighted by molar-refractivity contribution is 5.70. The predicted molar refractivity (Wildman–Crippen MR) is 50.1 cm³/mol. The molecule has 0 aromatic rings. The number of carbonyl (C=O) groups is 1. The van der Waals surface area contributed by atoms with Crippen LogP contribution in [0.1, 0.15) is 46.5 Å². The Balaban J connectivity index is 0.000000561. The Labute approximate surface area is 75.0 Å². The number of carboxylic acids is 1. The zero-order valence-corrected chi connectivity index (χ0v) is 8.34. The summed E-state index contributed by atoms with van der Waals surface area (Å²) in [5.74, 6) is -0.0369. The summed E-state index contributed by atoms with van der Waals surface area (Å²) in [6.07, 6.45) is 4.08. The summed E-state index contributed by atoms with van der Waals surface area (Å²) in [6.45, 7) is 6.13. The van der Waals surface area contributed by atoms with Crippen molar-refractivity contribution in [1.29, 1.82) is 0 Å². The highest BCUT2D eigenvalue weighted by Gasteiger charge is 2.23. The Kier molecular flexibility index (Phi) is 5.77. The van der Waals surface area contributed by atoms with Gasteiger partial charge in [0, 0.05) is 0 Å². The Hall–Kier alpha value is -0.530. The first kappa shape index (κ1) is 11.5. The Morgan fingerprint density at radius 2 is 1.92 bits per heavy atom.